The van der Waals surface area contributed by atoms with Gasteiger partial charge in [0.1, 0.15) is 5.75 Å². The summed E-state index contributed by atoms with van der Waals surface area (Å²) >= 11 is 0. The lowest BCUT2D eigenvalue weighted by Gasteiger charge is -2.27. The molecule has 1 fully saturated rings. The van der Waals surface area contributed by atoms with Crippen LogP contribution in [0.15, 0.2) is 54.6 Å². The Labute approximate surface area is 197 Å². The zero-order valence-corrected chi connectivity index (χ0v) is 18.8. The Hall–Kier alpha value is -3.68. The van der Waals surface area contributed by atoms with Gasteiger partial charge >= 0.3 is 0 Å². The maximum Gasteiger partial charge on any atom is 0.259 e. The number of phenolic OH excluding ortho intramolecular Hbond substituents is 1. The van der Waals surface area contributed by atoms with Crippen molar-refractivity contribution in [3.63, 3.8) is 0 Å². The largest absolute Gasteiger partial charge is 0.508 e. The third-order valence-corrected chi connectivity index (χ3v) is 6.97. The molecule has 1 saturated heterocycles. The molecule has 0 unspecified atom stereocenters. The highest BCUT2D eigenvalue weighted by Crippen LogP contribution is 2.41. The number of amides is 2. The fourth-order valence-electron chi connectivity index (χ4n) is 5.41. The van der Waals surface area contributed by atoms with Gasteiger partial charge in [0.25, 0.3) is 11.8 Å². The van der Waals surface area contributed by atoms with Gasteiger partial charge in [-0.15, -0.1) is 0 Å². The predicted molar refractivity (Wildman–Crippen MR) is 132 cm³/mol. The summed E-state index contributed by atoms with van der Waals surface area (Å²) in [4.78, 5) is 28.4. The van der Waals surface area contributed by atoms with Crippen molar-refractivity contribution >= 4 is 33.6 Å². The summed E-state index contributed by atoms with van der Waals surface area (Å²) in [5.74, 6) is -0.621. The van der Waals surface area contributed by atoms with E-state index >= 15 is 0 Å². The van der Waals surface area contributed by atoms with Crippen molar-refractivity contribution in [1.82, 2.24) is 20.1 Å². The number of aryl methyl sites for hydroxylation is 1. The molecule has 2 amide bonds. The number of phenols is 1. The minimum atomic E-state index is -0.383. The van der Waals surface area contributed by atoms with E-state index in [4.69, 9.17) is 0 Å². The van der Waals surface area contributed by atoms with Crippen LogP contribution in [-0.4, -0.2) is 59.1 Å². The molecule has 2 aliphatic rings. The van der Waals surface area contributed by atoms with Gasteiger partial charge in [-0.25, -0.2) is 0 Å². The first-order valence-electron chi connectivity index (χ1n) is 11.8. The highest BCUT2D eigenvalue weighted by Gasteiger charge is 2.34. The molecule has 0 radical (unpaired) electrons. The van der Waals surface area contributed by atoms with E-state index in [1.165, 1.54) is 0 Å². The second-order valence-electron chi connectivity index (χ2n) is 9.02. The Balaban J connectivity index is 1.55. The van der Waals surface area contributed by atoms with Gasteiger partial charge in [0.15, 0.2) is 0 Å². The summed E-state index contributed by atoms with van der Waals surface area (Å²) in [6, 6.07) is 17.0. The number of nitrogens with zero attached hydrogens (tertiary/aromatic N) is 2. The number of carbonyl (C=O) groups excluding carboxylic acids is 2. The van der Waals surface area contributed by atoms with E-state index in [1.54, 1.807) is 12.1 Å². The number of aromatic hydroxyl groups is 1. The van der Waals surface area contributed by atoms with E-state index in [0.717, 1.165) is 78.6 Å². The summed E-state index contributed by atoms with van der Waals surface area (Å²) in [6.07, 6.45) is 0.961. The van der Waals surface area contributed by atoms with E-state index in [2.05, 4.69) is 20.1 Å². The molecule has 3 N–H and O–H groups in total. The van der Waals surface area contributed by atoms with Gasteiger partial charge in [-0.3, -0.25) is 14.9 Å². The number of hydrogen-bond acceptors (Lipinski definition) is 5. The molecule has 172 valence electrons. The Bertz CT molecular complexity index is 1440. The normalized spacial score (nSPS) is 16.4. The monoisotopic (exact) mass is 454 g/mol. The van der Waals surface area contributed by atoms with Crippen molar-refractivity contribution in [3.05, 3.63) is 65.7 Å². The Morgan fingerprint density at radius 2 is 1.62 bits per heavy atom. The molecule has 0 spiro atoms. The number of aromatic nitrogens is 1. The number of carbonyl (C=O) groups is 2. The summed E-state index contributed by atoms with van der Waals surface area (Å²) in [7, 11) is 0. The van der Waals surface area contributed by atoms with E-state index in [-0.39, 0.29) is 17.6 Å². The van der Waals surface area contributed by atoms with E-state index < -0.39 is 0 Å². The van der Waals surface area contributed by atoms with Crippen LogP contribution in [0.2, 0.25) is 0 Å². The summed E-state index contributed by atoms with van der Waals surface area (Å²) in [6.45, 7) is 5.91. The van der Waals surface area contributed by atoms with Gasteiger partial charge in [0.2, 0.25) is 0 Å². The summed E-state index contributed by atoms with van der Waals surface area (Å²) in [5.41, 5.74) is 4.31. The zero-order chi connectivity index (χ0) is 23.2. The fourth-order valence-corrected chi connectivity index (χ4v) is 5.41. The van der Waals surface area contributed by atoms with E-state index in [0.29, 0.717) is 11.1 Å². The molecule has 0 aliphatic carbocycles. The lowest BCUT2D eigenvalue weighted by Crippen LogP contribution is -2.43. The van der Waals surface area contributed by atoms with Crippen LogP contribution < -0.4 is 10.6 Å². The molecular weight excluding hydrogens is 428 g/mol. The molecule has 6 rings (SSSR count). The van der Waals surface area contributed by atoms with Gasteiger partial charge in [0, 0.05) is 49.0 Å². The average molecular weight is 455 g/mol. The molecular formula is C27H26N4O3. The molecule has 4 aromatic rings. The third kappa shape index (κ3) is 3.36. The SMILES string of the molecule is O=C1NC(=O)c2c1c(-c1ccccc1)cc1c2c2cc(O)ccc2n1CCCN1CCNCC1. The average Bonchev–Trinajstić information content (AvgIpc) is 3.33. The maximum atomic E-state index is 13.0. The molecule has 7 nitrogen and oxygen atoms in total. The molecule has 1 aromatic heterocycles. The second-order valence-corrected chi connectivity index (χ2v) is 9.02. The number of fused-ring (bicyclic) bond motifs is 5. The van der Waals surface area contributed by atoms with Crippen LogP contribution in [0.5, 0.6) is 5.75 Å². The van der Waals surface area contributed by atoms with Crippen molar-refractivity contribution in [3.8, 4) is 16.9 Å². The smallest absolute Gasteiger partial charge is 0.259 e. The molecule has 3 heterocycles. The third-order valence-electron chi connectivity index (χ3n) is 6.97. The number of nitrogens with one attached hydrogen (secondary N) is 2. The topological polar surface area (TPSA) is 86.6 Å². The fraction of sp³-hybridized carbons (Fsp3) is 0.259. The van der Waals surface area contributed by atoms with Crippen LogP contribution >= 0.6 is 0 Å². The summed E-state index contributed by atoms with van der Waals surface area (Å²) < 4.78 is 2.23. The van der Waals surface area contributed by atoms with Crippen molar-refractivity contribution in [2.45, 2.75) is 13.0 Å². The summed E-state index contributed by atoms with van der Waals surface area (Å²) in [5, 5.41) is 17.7. The van der Waals surface area contributed by atoms with Crippen molar-refractivity contribution < 1.29 is 14.7 Å². The lowest BCUT2D eigenvalue weighted by atomic mass is 9.93. The molecule has 34 heavy (non-hydrogen) atoms. The van der Waals surface area contributed by atoms with Gasteiger partial charge in [0.05, 0.1) is 16.6 Å². The van der Waals surface area contributed by atoms with Crippen molar-refractivity contribution in [1.29, 1.82) is 0 Å². The van der Waals surface area contributed by atoms with Crippen LogP contribution in [0.1, 0.15) is 27.1 Å². The van der Waals surface area contributed by atoms with Gasteiger partial charge < -0.3 is 19.9 Å². The van der Waals surface area contributed by atoms with Gasteiger partial charge in [-0.2, -0.15) is 0 Å². The molecule has 0 saturated carbocycles. The van der Waals surface area contributed by atoms with Gasteiger partial charge in [-0.05, 0) is 48.4 Å². The minimum absolute atomic E-state index is 0.137. The Morgan fingerprint density at radius 3 is 2.41 bits per heavy atom. The van der Waals surface area contributed by atoms with Crippen LogP contribution in [0.25, 0.3) is 32.9 Å². The number of hydrogen-bond donors (Lipinski definition) is 3. The van der Waals surface area contributed by atoms with Crippen LogP contribution in [0.4, 0.5) is 0 Å². The number of rotatable bonds is 5. The molecule has 3 aromatic carbocycles. The number of benzene rings is 3. The van der Waals surface area contributed by atoms with Crippen LogP contribution in [0.3, 0.4) is 0 Å². The lowest BCUT2D eigenvalue weighted by molar-refractivity contribution is 0.0880. The molecule has 0 bridgehead atoms. The van der Waals surface area contributed by atoms with Crippen molar-refractivity contribution in [2.24, 2.45) is 0 Å². The first-order chi connectivity index (χ1) is 16.6. The van der Waals surface area contributed by atoms with E-state index in [1.807, 2.05) is 42.5 Å². The zero-order valence-electron chi connectivity index (χ0n) is 18.8. The Morgan fingerprint density at radius 1 is 0.853 bits per heavy atom. The van der Waals surface area contributed by atoms with Crippen LogP contribution in [-0.2, 0) is 6.54 Å². The number of piperazine rings is 1. The van der Waals surface area contributed by atoms with Gasteiger partial charge in [-0.1, -0.05) is 30.3 Å². The van der Waals surface area contributed by atoms with E-state index in [9.17, 15) is 14.7 Å². The minimum Gasteiger partial charge on any atom is -0.508 e. The van der Waals surface area contributed by atoms with Crippen LogP contribution in [0, 0.1) is 0 Å². The molecule has 7 heteroatoms. The first-order valence-corrected chi connectivity index (χ1v) is 11.8. The quantitative estimate of drug-likeness (QED) is 0.403. The maximum absolute atomic E-state index is 13.0. The molecule has 2 aliphatic heterocycles. The Kier molecular flexibility index (Phi) is 5.08. The second kappa shape index (κ2) is 8.27. The standard InChI is InChI=1S/C27H26N4O3/c32-18-7-8-21-20(15-18)23-22(31(21)12-4-11-30-13-9-28-10-14-30)16-19(17-5-2-1-3-6-17)24-25(23)27(34)29-26(24)33/h1-3,5-8,15-16,28,32H,4,9-14H2,(H,29,33,34). The highest BCUT2D eigenvalue weighted by molar-refractivity contribution is 6.32. The first kappa shape index (κ1) is 20.9. The molecule has 0 atom stereocenters. The van der Waals surface area contributed by atoms with Crippen molar-refractivity contribution in [2.75, 3.05) is 32.7 Å². The predicted octanol–water partition coefficient (Wildman–Crippen LogP) is 3.35. The highest BCUT2D eigenvalue weighted by atomic mass is 16.3. The number of imide groups is 1.